The Balaban J connectivity index is 2.86. The van der Waals surface area contributed by atoms with E-state index in [2.05, 4.69) is 4.90 Å². The Bertz CT molecular complexity index is 310. The molecule has 1 aromatic rings. The molecule has 0 aliphatic carbocycles. The normalized spacial score (nSPS) is 10.7. The molecule has 0 spiro atoms. The lowest BCUT2D eigenvalue weighted by Crippen LogP contribution is -2.15. The maximum Gasteiger partial charge on any atom is 0.127 e. The van der Waals surface area contributed by atoms with Crippen molar-refractivity contribution in [2.75, 3.05) is 27.7 Å². The highest BCUT2D eigenvalue weighted by Crippen LogP contribution is 2.24. The van der Waals surface area contributed by atoms with Gasteiger partial charge in [-0.15, -0.1) is 0 Å². The molecular weight excluding hydrogens is 190 g/mol. The number of nitrogens with zero attached hydrogens (tertiary/aromatic N) is 1. The van der Waals surface area contributed by atoms with Crippen LogP contribution in [-0.2, 0) is 13.0 Å². The van der Waals surface area contributed by atoms with Crippen molar-refractivity contribution < 1.29 is 9.84 Å². The molecule has 1 N–H and O–H groups in total. The Labute approximate surface area is 91.3 Å². The molecule has 3 nitrogen and oxygen atoms in total. The fourth-order valence-corrected chi connectivity index (χ4v) is 1.57. The second-order valence-electron chi connectivity index (χ2n) is 3.82. The molecule has 0 bridgehead atoms. The van der Waals surface area contributed by atoms with E-state index in [1.165, 1.54) is 0 Å². The largest absolute Gasteiger partial charge is 0.496 e. The van der Waals surface area contributed by atoms with Gasteiger partial charge in [-0.05, 0) is 26.1 Å². The van der Waals surface area contributed by atoms with Crippen LogP contribution in [0.2, 0.25) is 0 Å². The first-order valence-electron chi connectivity index (χ1n) is 5.09. The van der Waals surface area contributed by atoms with Gasteiger partial charge in [0.1, 0.15) is 5.75 Å². The van der Waals surface area contributed by atoms with Crippen LogP contribution in [0.3, 0.4) is 0 Å². The van der Waals surface area contributed by atoms with Crippen molar-refractivity contribution in [3.63, 3.8) is 0 Å². The molecule has 0 aliphatic rings. The molecule has 0 fully saturated rings. The van der Waals surface area contributed by atoms with Crippen molar-refractivity contribution in [3.05, 3.63) is 29.3 Å². The fraction of sp³-hybridized carbons (Fsp3) is 0.500. The quantitative estimate of drug-likeness (QED) is 0.793. The van der Waals surface area contributed by atoms with Crippen LogP contribution >= 0.6 is 0 Å². The van der Waals surface area contributed by atoms with Crippen LogP contribution in [-0.4, -0.2) is 37.8 Å². The monoisotopic (exact) mass is 209 g/mol. The van der Waals surface area contributed by atoms with Gasteiger partial charge in [-0.3, -0.25) is 0 Å². The van der Waals surface area contributed by atoms with Gasteiger partial charge >= 0.3 is 0 Å². The molecule has 0 saturated heterocycles. The number of aliphatic hydroxyl groups is 1. The van der Waals surface area contributed by atoms with Gasteiger partial charge < -0.3 is 14.7 Å². The number of ether oxygens (including phenoxy) is 1. The summed E-state index contributed by atoms with van der Waals surface area (Å²) in [6, 6.07) is 5.89. The fourth-order valence-electron chi connectivity index (χ4n) is 1.57. The molecular formula is C12H19NO2. The number of methoxy groups -OCH3 is 1. The van der Waals surface area contributed by atoms with Crippen LogP contribution in [0.5, 0.6) is 5.75 Å². The van der Waals surface area contributed by atoms with Gasteiger partial charge in [-0.25, -0.2) is 0 Å². The second-order valence-corrected chi connectivity index (χ2v) is 3.82. The molecule has 0 radical (unpaired) electrons. The van der Waals surface area contributed by atoms with E-state index in [-0.39, 0.29) is 6.61 Å². The molecule has 0 unspecified atom stereocenters. The molecule has 0 atom stereocenters. The molecule has 15 heavy (non-hydrogen) atoms. The first kappa shape index (κ1) is 12.0. The number of aliphatic hydroxyl groups excluding tert-OH is 1. The lowest BCUT2D eigenvalue weighted by Gasteiger charge is -2.14. The van der Waals surface area contributed by atoms with Crippen LogP contribution in [0, 0.1) is 0 Å². The van der Waals surface area contributed by atoms with E-state index in [0.717, 1.165) is 29.8 Å². The summed E-state index contributed by atoms with van der Waals surface area (Å²) in [5.41, 5.74) is 2.01. The minimum absolute atomic E-state index is 0.0268. The van der Waals surface area contributed by atoms with Crippen molar-refractivity contribution in [1.29, 1.82) is 0 Å². The molecule has 84 valence electrons. The van der Waals surface area contributed by atoms with Crippen LogP contribution in [0.4, 0.5) is 0 Å². The van der Waals surface area contributed by atoms with Gasteiger partial charge in [0.25, 0.3) is 0 Å². The summed E-state index contributed by atoms with van der Waals surface area (Å²) in [4.78, 5) is 2.13. The zero-order chi connectivity index (χ0) is 11.3. The first-order chi connectivity index (χ1) is 7.19. The smallest absolute Gasteiger partial charge is 0.127 e. The van der Waals surface area contributed by atoms with E-state index < -0.39 is 0 Å². The Morgan fingerprint density at radius 3 is 2.47 bits per heavy atom. The first-order valence-corrected chi connectivity index (χ1v) is 5.09. The van der Waals surface area contributed by atoms with E-state index in [1.807, 2.05) is 32.3 Å². The SMILES string of the molecule is COc1c(CO)cccc1CCN(C)C. The van der Waals surface area contributed by atoms with E-state index in [1.54, 1.807) is 7.11 Å². The minimum atomic E-state index is 0.0268. The number of para-hydroxylation sites is 1. The summed E-state index contributed by atoms with van der Waals surface area (Å²) in [6.07, 6.45) is 0.935. The average Bonchev–Trinajstić information content (AvgIpc) is 2.25. The van der Waals surface area contributed by atoms with Crippen LogP contribution < -0.4 is 4.74 Å². The summed E-state index contributed by atoms with van der Waals surface area (Å²) >= 11 is 0. The number of rotatable bonds is 5. The third kappa shape index (κ3) is 3.22. The topological polar surface area (TPSA) is 32.7 Å². The van der Waals surface area contributed by atoms with E-state index in [4.69, 9.17) is 9.84 Å². The van der Waals surface area contributed by atoms with Crippen molar-refractivity contribution in [2.45, 2.75) is 13.0 Å². The minimum Gasteiger partial charge on any atom is -0.496 e. The summed E-state index contributed by atoms with van der Waals surface area (Å²) < 4.78 is 5.32. The van der Waals surface area contributed by atoms with Gasteiger partial charge in [0.2, 0.25) is 0 Å². The van der Waals surface area contributed by atoms with E-state index >= 15 is 0 Å². The molecule has 3 heteroatoms. The van der Waals surface area contributed by atoms with Gasteiger partial charge in [0.15, 0.2) is 0 Å². The molecule has 0 amide bonds. The summed E-state index contributed by atoms with van der Waals surface area (Å²) in [7, 11) is 5.73. The Kier molecular flexibility index (Phi) is 4.59. The Hall–Kier alpha value is -1.06. The van der Waals surface area contributed by atoms with Crippen molar-refractivity contribution in [3.8, 4) is 5.75 Å². The van der Waals surface area contributed by atoms with E-state index in [9.17, 15) is 0 Å². The summed E-state index contributed by atoms with van der Waals surface area (Å²) in [5, 5.41) is 9.16. The average molecular weight is 209 g/mol. The van der Waals surface area contributed by atoms with Crippen molar-refractivity contribution in [2.24, 2.45) is 0 Å². The second kappa shape index (κ2) is 5.73. The van der Waals surface area contributed by atoms with Gasteiger partial charge in [0.05, 0.1) is 13.7 Å². The maximum absolute atomic E-state index is 9.16. The standard InChI is InChI=1S/C12H19NO2/c1-13(2)8-7-10-5-4-6-11(9-14)12(10)15-3/h4-6,14H,7-9H2,1-3H3. The predicted molar refractivity (Wildman–Crippen MR) is 61.2 cm³/mol. The van der Waals surface area contributed by atoms with Gasteiger partial charge in [-0.2, -0.15) is 0 Å². The van der Waals surface area contributed by atoms with Crippen molar-refractivity contribution in [1.82, 2.24) is 4.90 Å². The molecule has 1 rings (SSSR count). The Morgan fingerprint density at radius 1 is 1.27 bits per heavy atom. The zero-order valence-corrected chi connectivity index (χ0v) is 9.66. The summed E-state index contributed by atoms with van der Waals surface area (Å²) in [5.74, 6) is 0.821. The van der Waals surface area contributed by atoms with Gasteiger partial charge in [0, 0.05) is 12.1 Å². The number of hydrogen-bond acceptors (Lipinski definition) is 3. The summed E-state index contributed by atoms with van der Waals surface area (Å²) in [6.45, 7) is 1.00. The highest BCUT2D eigenvalue weighted by atomic mass is 16.5. The van der Waals surface area contributed by atoms with Crippen LogP contribution in [0.25, 0.3) is 0 Å². The molecule has 0 aromatic heterocycles. The third-order valence-electron chi connectivity index (χ3n) is 2.38. The maximum atomic E-state index is 9.16. The third-order valence-corrected chi connectivity index (χ3v) is 2.38. The number of hydrogen-bond donors (Lipinski definition) is 1. The molecule has 0 heterocycles. The number of benzene rings is 1. The van der Waals surface area contributed by atoms with Gasteiger partial charge in [-0.1, -0.05) is 18.2 Å². The van der Waals surface area contributed by atoms with Crippen LogP contribution in [0.15, 0.2) is 18.2 Å². The van der Waals surface area contributed by atoms with Crippen molar-refractivity contribution >= 4 is 0 Å². The Morgan fingerprint density at radius 2 is 1.93 bits per heavy atom. The lowest BCUT2D eigenvalue weighted by atomic mass is 10.1. The highest BCUT2D eigenvalue weighted by Gasteiger charge is 2.07. The lowest BCUT2D eigenvalue weighted by molar-refractivity contribution is 0.273. The van der Waals surface area contributed by atoms with E-state index in [0.29, 0.717) is 0 Å². The molecule has 0 aliphatic heterocycles. The van der Waals surface area contributed by atoms with Crippen LogP contribution in [0.1, 0.15) is 11.1 Å². The zero-order valence-electron chi connectivity index (χ0n) is 9.66. The molecule has 0 saturated carbocycles. The number of likely N-dealkylation sites (N-methyl/N-ethyl adjacent to an activating group) is 1. The molecule has 1 aromatic carbocycles. The highest BCUT2D eigenvalue weighted by molar-refractivity contribution is 5.41. The predicted octanol–water partition coefficient (Wildman–Crippen LogP) is 1.29.